The number of hydrogen-bond acceptors (Lipinski definition) is 7. The number of rotatable bonds is 3. The molecule has 0 unspecified atom stereocenters. The van der Waals surface area contributed by atoms with Gasteiger partial charge in [-0.3, -0.25) is 9.69 Å². The first-order valence-corrected chi connectivity index (χ1v) is 9.04. The fourth-order valence-corrected chi connectivity index (χ4v) is 3.67. The quantitative estimate of drug-likeness (QED) is 0.732. The normalized spacial score (nSPS) is 21.9. The Bertz CT molecular complexity index is 614. The summed E-state index contributed by atoms with van der Waals surface area (Å²) in [5, 5.41) is 0. The van der Waals surface area contributed by atoms with Crippen LogP contribution < -0.4 is 4.90 Å². The van der Waals surface area contributed by atoms with Gasteiger partial charge in [0, 0.05) is 51.3 Å². The zero-order chi connectivity index (χ0) is 17.1. The molecule has 136 valence electrons. The molecule has 3 aliphatic rings. The fraction of sp³-hybridized carbons (Fsp3) is 0.706. The van der Waals surface area contributed by atoms with Gasteiger partial charge in [0.1, 0.15) is 12.1 Å². The van der Waals surface area contributed by atoms with Gasteiger partial charge in [-0.1, -0.05) is 0 Å². The maximum Gasteiger partial charge on any atom is 0.236 e. The van der Waals surface area contributed by atoms with Gasteiger partial charge in [-0.2, -0.15) is 0 Å². The van der Waals surface area contributed by atoms with Crippen LogP contribution in [-0.4, -0.2) is 91.4 Å². The molecule has 8 nitrogen and oxygen atoms in total. The minimum Gasteiger partial charge on any atom is -0.378 e. The number of morpholine rings is 2. The lowest BCUT2D eigenvalue weighted by Crippen LogP contribution is -2.47. The van der Waals surface area contributed by atoms with Crippen LogP contribution >= 0.6 is 0 Å². The standard InChI is InChI=1S/C17H25N5O3/c23-16(21-3-7-24-8-4-21)12-20-2-1-15-14(11-20)17(19-13-18-15)22-5-9-25-10-6-22/h13H,1-12H2. The molecule has 0 saturated carbocycles. The SMILES string of the molecule is O=C(CN1CCc2ncnc(N3CCOCC3)c2C1)N1CCOCC1. The van der Waals surface area contributed by atoms with Crippen molar-refractivity contribution in [2.24, 2.45) is 0 Å². The molecule has 0 aliphatic carbocycles. The van der Waals surface area contributed by atoms with Gasteiger partial charge in [-0.05, 0) is 0 Å². The number of amides is 1. The molecule has 1 amide bonds. The second-order valence-corrected chi connectivity index (χ2v) is 6.68. The summed E-state index contributed by atoms with van der Waals surface area (Å²) in [5.41, 5.74) is 2.29. The van der Waals surface area contributed by atoms with Gasteiger partial charge in [0.2, 0.25) is 5.91 Å². The Kier molecular flexibility index (Phi) is 5.09. The average molecular weight is 347 g/mol. The second-order valence-electron chi connectivity index (χ2n) is 6.68. The number of carbonyl (C=O) groups excluding carboxylic acids is 1. The van der Waals surface area contributed by atoms with Gasteiger partial charge in [0.15, 0.2) is 0 Å². The maximum absolute atomic E-state index is 12.5. The van der Waals surface area contributed by atoms with Crippen molar-refractivity contribution < 1.29 is 14.3 Å². The molecule has 1 aromatic heterocycles. The maximum atomic E-state index is 12.5. The topological polar surface area (TPSA) is 71.0 Å². The molecule has 0 bridgehead atoms. The summed E-state index contributed by atoms with van der Waals surface area (Å²) in [6, 6.07) is 0. The summed E-state index contributed by atoms with van der Waals surface area (Å²) >= 11 is 0. The Morgan fingerprint density at radius 1 is 1.00 bits per heavy atom. The average Bonchev–Trinajstić information content (AvgIpc) is 2.69. The van der Waals surface area contributed by atoms with Crippen LogP contribution in [0.3, 0.4) is 0 Å². The highest BCUT2D eigenvalue weighted by Gasteiger charge is 2.27. The van der Waals surface area contributed by atoms with E-state index in [-0.39, 0.29) is 5.91 Å². The number of fused-ring (bicyclic) bond motifs is 1. The third-order valence-corrected chi connectivity index (χ3v) is 5.09. The largest absolute Gasteiger partial charge is 0.378 e. The molecule has 4 heterocycles. The molecule has 0 N–H and O–H groups in total. The Hall–Kier alpha value is -1.77. The number of ether oxygens (including phenoxy) is 2. The van der Waals surface area contributed by atoms with E-state index in [0.29, 0.717) is 32.8 Å². The summed E-state index contributed by atoms with van der Waals surface area (Å²) in [4.78, 5) is 27.9. The van der Waals surface area contributed by atoms with Crippen LogP contribution in [0.4, 0.5) is 5.82 Å². The van der Waals surface area contributed by atoms with Gasteiger partial charge in [0.05, 0.1) is 38.7 Å². The van der Waals surface area contributed by atoms with E-state index in [1.54, 1.807) is 6.33 Å². The van der Waals surface area contributed by atoms with Gasteiger partial charge in [0.25, 0.3) is 0 Å². The number of carbonyl (C=O) groups is 1. The van der Waals surface area contributed by atoms with Gasteiger partial charge >= 0.3 is 0 Å². The summed E-state index contributed by atoms with van der Waals surface area (Å²) in [6.07, 6.45) is 2.53. The molecule has 0 radical (unpaired) electrons. The minimum absolute atomic E-state index is 0.191. The molecule has 25 heavy (non-hydrogen) atoms. The van der Waals surface area contributed by atoms with E-state index in [1.807, 2.05) is 4.90 Å². The first-order chi connectivity index (χ1) is 12.3. The summed E-state index contributed by atoms with van der Waals surface area (Å²) < 4.78 is 10.8. The Morgan fingerprint density at radius 3 is 2.48 bits per heavy atom. The fourth-order valence-electron chi connectivity index (χ4n) is 3.67. The lowest BCUT2D eigenvalue weighted by molar-refractivity contribution is -0.136. The summed E-state index contributed by atoms with van der Waals surface area (Å²) in [6.45, 7) is 7.92. The van der Waals surface area contributed by atoms with Crippen molar-refractivity contribution in [3.8, 4) is 0 Å². The first kappa shape index (κ1) is 16.7. The van der Waals surface area contributed by atoms with E-state index < -0.39 is 0 Å². The Labute approximate surface area is 147 Å². The van der Waals surface area contributed by atoms with Crippen molar-refractivity contribution in [1.29, 1.82) is 0 Å². The van der Waals surface area contributed by atoms with Crippen molar-refractivity contribution in [2.45, 2.75) is 13.0 Å². The molecular weight excluding hydrogens is 322 g/mol. The lowest BCUT2D eigenvalue weighted by atomic mass is 10.1. The highest BCUT2D eigenvalue weighted by Crippen LogP contribution is 2.26. The zero-order valence-electron chi connectivity index (χ0n) is 14.5. The predicted molar refractivity (Wildman–Crippen MR) is 91.4 cm³/mol. The molecule has 0 atom stereocenters. The van der Waals surface area contributed by atoms with Crippen LogP contribution in [0.1, 0.15) is 11.3 Å². The van der Waals surface area contributed by atoms with Gasteiger partial charge < -0.3 is 19.3 Å². The lowest BCUT2D eigenvalue weighted by Gasteiger charge is -2.35. The van der Waals surface area contributed by atoms with Gasteiger partial charge in [-0.15, -0.1) is 0 Å². The predicted octanol–water partition coefficient (Wildman–Crippen LogP) is -0.470. The van der Waals surface area contributed by atoms with Crippen LogP contribution in [-0.2, 0) is 27.2 Å². The van der Waals surface area contributed by atoms with Crippen LogP contribution in [0.2, 0.25) is 0 Å². The molecule has 0 spiro atoms. The smallest absolute Gasteiger partial charge is 0.236 e. The number of anilines is 1. The highest BCUT2D eigenvalue weighted by atomic mass is 16.5. The summed E-state index contributed by atoms with van der Waals surface area (Å²) in [7, 11) is 0. The second kappa shape index (κ2) is 7.63. The molecule has 1 aromatic rings. The molecular formula is C17H25N5O3. The number of hydrogen-bond donors (Lipinski definition) is 0. The van der Waals surface area contributed by atoms with Crippen LogP contribution in [0.5, 0.6) is 0 Å². The van der Waals surface area contributed by atoms with E-state index >= 15 is 0 Å². The van der Waals surface area contributed by atoms with Crippen molar-refractivity contribution in [3.05, 3.63) is 17.6 Å². The van der Waals surface area contributed by atoms with Crippen LogP contribution in [0.25, 0.3) is 0 Å². The van der Waals surface area contributed by atoms with Crippen molar-refractivity contribution in [1.82, 2.24) is 19.8 Å². The third kappa shape index (κ3) is 3.75. The van der Waals surface area contributed by atoms with E-state index in [4.69, 9.17) is 9.47 Å². The molecule has 3 aliphatic heterocycles. The van der Waals surface area contributed by atoms with Crippen LogP contribution in [0, 0.1) is 0 Å². The number of nitrogens with zero attached hydrogens (tertiary/aromatic N) is 5. The van der Waals surface area contributed by atoms with E-state index in [9.17, 15) is 4.79 Å². The monoisotopic (exact) mass is 347 g/mol. The minimum atomic E-state index is 0.191. The molecule has 2 fully saturated rings. The van der Waals surface area contributed by atoms with E-state index in [1.165, 1.54) is 5.56 Å². The first-order valence-electron chi connectivity index (χ1n) is 9.04. The molecule has 8 heteroatoms. The zero-order valence-corrected chi connectivity index (χ0v) is 14.5. The van der Waals surface area contributed by atoms with Crippen molar-refractivity contribution >= 4 is 11.7 Å². The van der Waals surface area contributed by atoms with Crippen molar-refractivity contribution in [3.63, 3.8) is 0 Å². The van der Waals surface area contributed by atoms with E-state index in [2.05, 4.69) is 19.8 Å². The molecule has 4 rings (SSSR count). The Balaban J connectivity index is 1.45. The third-order valence-electron chi connectivity index (χ3n) is 5.09. The van der Waals surface area contributed by atoms with Crippen molar-refractivity contribution in [2.75, 3.05) is 70.6 Å². The number of aromatic nitrogens is 2. The molecule has 0 aromatic carbocycles. The Morgan fingerprint density at radius 2 is 1.72 bits per heavy atom. The van der Waals surface area contributed by atoms with Gasteiger partial charge in [-0.25, -0.2) is 9.97 Å². The van der Waals surface area contributed by atoms with E-state index in [0.717, 1.165) is 57.3 Å². The van der Waals surface area contributed by atoms with Crippen LogP contribution in [0.15, 0.2) is 6.33 Å². The molecule has 2 saturated heterocycles. The highest BCUT2D eigenvalue weighted by molar-refractivity contribution is 5.78. The summed E-state index contributed by atoms with van der Waals surface area (Å²) in [5.74, 6) is 1.20.